The van der Waals surface area contributed by atoms with Gasteiger partial charge in [-0.2, -0.15) is 0 Å². The summed E-state index contributed by atoms with van der Waals surface area (Å²) < 4.78 is 0. The van der Waals surface area contributed by atoms with Gasteiger partial charge in [0.25, 0.3) is 0 Å². The SMILES string of the molecule is N#[N+]C(Nc1ccccc1)c1ccccc1. The quantitative estimate of drug-likeness (QED) is 0.785. The van der Waals surface area contributed by atoms with Crippen LogP contribution in [0.1, 0.15) is 11.7 Å². The highest BCUT2D eigenvalue weighted by Gasteiger charge is 2.21. The van der Waals surface area contributed by atoms with Gasteiger partial charge in [-0.15, -0.1) is 0 Å². The van der Waals surface area contributed by atoms with E-state index in [0.29, 0.717) is 0 Å². The van der Waals surface area contributed by atoms with Gasteiger partial charge in [0, 0.05) is 5.69 Å². The van der Waals surface area contributed by atoms with Gasteiger partial charge in [0.15, 0.2) is 4.98 Å². The molecule has 16 heavy (non-hydrogen) atoms. The normalized spacial score (nSPS) is 11.4. The summed E-state index contributed by atoms with van der Waals surface area (Å²) in [5.41, 5.74) is 1.85. The van der Waals surface area contributed by atoms with Gasteiger partial charge >= 0.3 is 6.17 Å². The minimum atomic E-state index is -0.427. The van der Waals surface area contributed by atoms with E-state index in [1.165, 1.54) is 0 Å². The zero-order valence-corrected chi connectivity index (χ0v) is 8.75. The Balaban J connectivity index is 2.17. The first-order valence-corrected chi connectivity index (χ1v) is 5.11. The molecule has 0 aliphatic heterocycles. The van der Waals surface area contributed by atoms with Gasteiger partial charge in [-0.1, -0.05) is 36.4 Å². The highest BCUT2D eigenvalue weighted by atomic mass is 15.1. The molecule has 2 aromatic carbocycles. The van der Waals surface area contributed by atoms with Crippen LogP contribution >= 0.6 is 0 Å². The summed E-state index contributed by atoms with van der Waals surface area (Å²) in [7, 11) is 0. The maximum absolute atomic E-state index is 9.00. The number of rotatable bonds is 3. The third-order valence-electron chi connectivity index (χ3n) is 2.31. The van der Waals surface area contributed by atoms with Crippen molar-refractivity contribution >= 4 is 5.69 Å². The molecule has 3 heteroatoms. The lowest BCUT2D eigenvalue weighted by Gasteiger charge is -2.04. The van der Waals surface area contributed by atoms with Crippen LogP contribution in [-0.4, -0.2) is 0 Å². The molecule has 0 bridgehead atoms. The Morgan fingerprint density at radius 3 is 2.00 bits per heavy atom. The molecule has 1 N–H and O–H groups in total. The molecule has 0 aliphatic carbocycles. The summed E-state index contributed by atoms with van der Waals surface area (Å²) in [5.74, 6) is 0. The first kappa shape index (κ1) is 10.2. The molecule has 3 nitrogen and oxygen atoms in total. The molecule has 0 aliphatic rings. The Labute approximate surface area is 94.4 Å². The van der Waals surface area contributed by atoms with Crippen LogP contribution in [0.15, 0.2) is 60.7 Å². The van der Waals surface area contributed by atoms with Crippen LogP contribution in [0, 0.1) is 5.39 Å². The highest BCUT2D eigenvalue weighted by Crippen LogP contribution is 2.19. The lowest BCUT2D eigenvalue weighted by Crippen LogP contribution is -2.05. The fraction of sp³-hybridized carbons (Fsp3) is 0.0769. The van der Waals surface area contributed by atoms with E-state index in [1.54, 1.807) is 0 Å². The predicted molar refractivity (Wildman–Crippen MR) is 64.3 cm³/mol. The molecule has 0 spiro atoms. The van der Waals surface area contributed by atoms with Gasteiger partial charge in [-0.3, -0.25) is 0 Å². The molecule has 0 heterocycles. The average molecular weight is 210 g/mol. The Bertz CT molecular complexity index is 474. The van der Waals surface area contributed by atoms with Crippen LogP contribution in [-0.2, 0) is 0 Å². The maximum atomic E-state index is 9.00. The summed E-state index contributed by atoms with van der Waals surface area (Å²) >= 11 is 0. The van der Waals surface area contributed by atoms with Crippen LogP contribution in [0.4, 0.5) is 5.69 Å². The van der Waals surface area contributed by atoms with Crippen LogP contribution in [0.2, 0.25) is 0 Å². The number of diazo groups is 1. The molecule has 0 radical (unpaired) electrons. The van der Waals surface area contributed by atoms with Crippen molar-refractivity contribution in [2.45, 2.75) is 6.17 Å². The van der Waals surface area contributed by atoms with Gasteiger partial charge in [-0.05, 0) is 24.3 Å². The molecule has 0 aromatic heterocycles. The minimum absolute atomic E-state index is 0.427. The number of benzene rings is 2. The van der Waals surface area contributed by atoms with E-state index in [2.05, 4.69) is 10.3 Å². The van der Waals surface area contributed by atoms with Crippen molar-refractivity contribution < 1.29 is 0 Å². The Kier molecular flexibility index (Phi) is 3.15. The Morgan fingerprint density at radius 2 is 1.44 bits per heavy atom. The largest absolute Gasteiger partial charge is 0.413 e. The standard InChI is InChI=1S/C13H12N3/c14-16-13(11-7-3-1-4-8-11)15-12-9-5-2-6-10-12/h1-10,13,15H/q+1. The summed E-state index contributed by atoms with van der Waals surface area (Å²) in [6.45, 7) is 0. The highest BCUT2D eigenvalue weighted by molar-refractivity contribution is 5.45. The van der Waals surface area contributed by atoms with Gasteiger partial charge in [0.2, 0.25) is 5.39 Å². The zero-order chi connectivity index (χ0) is 11.2. The predicted octanol–water partition coefficient (Wildman–Crippen LogP) is 3.65. The zero-order valence-electron chi connectivity index (χ0n) is 8.75. The maximum Gasteiger partial charge on any atom is 0.413 e. The van der Waals surface area contributed by atoms with Gasteiger partial charge in [0.05, 0.1) is 5.56 Å². The molecule has 0 saturated carbocycles. The number of nitrogens with one attached hydrogen (secondary N) is 1. The molecule has 78 valence electrons. The van der Waals surface area contributed by atoms with Gasteiger partial charge < -0.3 is 5.32 Å². The summed E-state index contributed by atoms with van der Waals surface area (Å²) in [5, 5.41) is 12.1. The van der Waals surface area contributed by atoms with Crippen molar-refractivity contribution in [3.63, 3.8) is 0 Å². The first-order valence-electron chi connectivity index (χ1n) is 5.11. The molecule has 0 fully saturated rings. The van der Waals surface area contributed by atoms with E-state index in [9.17, 15) is 0 Å². The van der Waals surface area contributed by atoms with E-state index in [0.717, 1.165) is 11.3 Å². The molecule has 1 atom stereocenters. The number of anilines is 1. The van der Waals surface area contributed by atoms with Crippen LogP contribution in [0.5, 0.6) is 0 Å². The third kappa shape index (κ3) is 2.37. The number of nitrogens with zero attached hydrogens (tertiary/aromatic N) is 2. The second-order valence-corrected chi connectivity index (χ2v) is 3.44. The van der Waals surface area contributed by atoms with E-state index in [4.69, 9.17) is 5.39 Å². The topological polar surface area (TPSA) is 40.2 Å². The third-order valence-corrected chi connectivity index (χ3v) is 2.31. The molecular formula is C13H12N3+. The Hall–Kier alpha value is -2.34. The molecule has 2 rings (SSSR count). The number of hydrogen-bond donors (Lipinski definition) is 1. The van der Waals surface area contributed by atoms with Crippen LogP contribution in [0.3, 0.4) is 0 Å². The van der Waals surface area contributed by atoms with Crippen molar-refractivity contribution in [1.82, 2.24) is 0 Å². The molecule has 0 saturated heterocycles. The minimum Gasteiger partial charge on any atom is -0.306 e. The van der Waals surface area contributed by atoms with E-state index < -0.39 is 6.17 Å². The first-order chi connectivity index (χ1) is 7.90. The second-order valence-electron chi connectivity index (χ2n) is 3.44. The van der Waals surface area contributed by atoms with Crippen LogP contribution < -0.4 is 5.32 Å². The number of para-hydroxylation sites is 1. The van der Waals surface area contributed by atoms with Crippen molar-refractivity contribution in [2.24, 2.45) is 0 Å². The van der Waals surface area contributed by atoms with Crippen molar-refractivity contribution in [1.29, 1.82) is 5.39 Å². The van der Waals surface area contributed by atoms with E-state index in [-0.39, 0.29) is 0 Å². The molecule has 2 aromatic rings. The van der Waals surface area contributed by atoms with Gasteiger partial charge in [0.1, 0.15) is 0 Å². The van der Waals surface area contributed by atoms with Crippen molar-refractivity contribution in [3.05, 3.63) is 71.2 Å². The summed E-state index contributed by atoms with van der Waals surface area (Å²) in [4.78, 5) is 3.34. The number of hydrogen-bond acceptors (Lipinski definition) is 2. The van der Waals surface area contributed by atoms with Crippen LogP contribution in [0.25, 0.3) is 4.98 Å². The summed E-state index contributed by atoms with van der Waals surface area (Å²) in [6.07, 6.45) is -0.427. The Morgan fingerprint density at radius 1 is 0.875 bits per heavy atom. The van der Waals surface area contributed by atoms with E-state index >= 15 is 0 Å². The summed E-state index contributed by atoms with van der Waals surface area (Å²) in [6, 6.07) is 19.3. The fourth-order valence-corrected chi connectivity index (χ4v) is 1.51. The van der Waals surface area contributed by atoms with Gasteiger partial charge in [-0.25, -0.2) is 0 Å². The molecule has 1 unspecified atom stereocenters. The van der Waals surface area contributed by atoms with Crippen molar-refractivity contribution in [2.75, 3.05) is 5.32 Å². The lowest BCUT2D eigenvalue weighted by molar-refractivity contribution is 0.948. The van der Waals surface area contributed by atoms with Crippen molar-refractivity contribution in [3.8, 4) is 0 Å². The monoisotopic (exact) mass is 210 g/mol. The fourth-order valence-electron chi connectivity index (χ4n) is 1.51. The molecule has 0 amide bonds. The lowest BCUT2D eigenvalue weighted by atomic mass is 10.2. The van der Waals surface area contributed by atoms with E-state index in [1.807, 2.05) is 60.7 Å². The smallest absolute Gasteiger partial charge is 0.306 e. The second kappa shape index (κ2) is 4.94. The average Bonchev–Trinajstić information content (AvgIpc) is 2.38. The molecular weight excluding hydrogens is 198 g/mol.